The number of carbonyl (C=O) groups is 2. The second kappa shape index (κ2) is 8.11. The maximum Gasteiger partial charge on any atom is 0.258 e. The van der Waals surface area contributed by atoms with Crippen molar-refractivity contribution >= 4 is 39.3 Å². The van der Waals surface area contributed by atoms with Crippen LogP contribution < -0.4 is 15.4 Å². The lowest BCUT2D eigenvalue weighted by atomic mass is 10.3. The van der Waals surface area contributed by atoms with E-state index in [9.17, 15) is 9.59 Å². The molecule has 0 spiro atoms. The zero-order chi connectivity index (χ0) is 15.1. The maximum atomic E-state index is 11.5. The van der Waals surface area contributed by atoms with E-state index in [1.807, 2.05) is 13.8 Å². The number of amides is 2. The van der Waals surface area contributed by atoms with Gasteiger partial charge >= 0.3 is 0 Å². The summed E-state index contributed by atoms with van der Waals surface area (Å²) >= 11 is 9.22. The summed E-state index contributed by atoms with van der Waals surface area (Å²) in [5, 5.41) is 5.53. The Balaban J connectivity index is 2.34. The number of rotatable bonds is 6. The first kappa shape index (κ1) is 16.8. The highest BCUT2D eigenvalue weighted by Crippen LogP contribution is 2.27. The molecule has 1 aromatic carbocycles. The fraction of sp³-hybridized carbons (Fsp3) is 0.385. The van der Waals surface area contributed by atoms with Gasteiger partial charge in [-0.15, -0.1) is 0 Å². The highest BCUT2D eigenvalue weighted by atomic mass is 79.9. The van der Waals surface area contributed by atoms with Gasteiger partial charge in [0.1, 0.15) is 5.75 Å². The molecule has 0 aliphatic heterocycles. The Morgan fingerprint density at radius 3 is 2.65 bits per heavy atom. The number of carbonyl (C=O) groups excluding carboxylic acids is 2. The molecule has 0 aliphatic carbocycles. The molecule has 0 fully saturated rings. The summed E-state index contributed by atoms with van der Waals surface area (Å²) in [6.07, 6.45) is 0. The van der Waals surface area contributed by atoms with Crippen LogP contribution in [0.2, 0.25) is 5.02 Å². The number of hydrogen-bond acceptors (Lipinski definition) is 3. The van der Waals surface area contributed by atoms with Crippen LogP contribution in [-0.2, 0) is 9.59 Å². The van der Waals surface area contributed by atoms with Gasteiger partial charge in [0.15, 0.2) is 6.61 Å². The fourth-order valence-corrected chi connectivity index (χ4v) is 2.07. The van der Waals surface area contributed by atoms with Crippen molar-refractivity contribution in [1.29, 1.82) is 0 Å². The van der Waals surface area contributed by atoms with Crippen molar-refractivity contribution < 1.29 is 14.3 Å². The van der Waals surface area contributed by atoms with Crippen molar-refractivity contribution in [2.45, 2.75) is 19.9 Å². The first-order valence-corrected chi connectivity index (χ1v) is 7.19. The molecule has 7 heteroatoms. The van der Waals surface area contributed by atoms with Gasteiger partial charge in [-0.25, -0.2) is 0 Å². The van der Waals surface area contributed by atoms with E-state index in [1.165, 1.54) is 0 Å². The van der Waals surface area contributed by atoms with Crippen molar-refractivity contribution in [3.63, 3.8) is 0 Å². The summed E-state index contributed by atoms with van der Waals surface area (Å²) in [5.41, 5.74) is 0. The molecule has 110 valence electrons. The molecule has 0 aliphatic rings. The van der Waals surface area contributed by atoms with Crippen molar-refractivity contribution in [3.05, 3.63) is 27.7 Å². The zero-order valence-corrected chi connectivity index (χ0v) is 13.5. The van der Waals surface area contributed by atoms with Crippen LogP contribution in [0.1, 0.15) is 13.8 Å². The lowest BCUT2D eigenvalue weighted by Crippen LogP contribution is -2.41. The molecule has 2 amide bonds. The molecule has 0 heterocycles. The third-order valence-electron chi connectivity index (χ3n) is 2.15. The van der Waals surface area contributed by atoms with Gasteiger partial charge in [-0.2, -0.15) is 0 Å². The molecule has 5 nitrogen and oxygen atoms in total. The number of benzene rings is 1. The summed E-state index contributed by atoms with van der Waals surface area (Å²) in [5.74, 6) is -0.213. The predicted molar refractivity (Wildman–Crippen MR) is 80.9 cm³/mol. The van der Waals surface area contributed by atoms with Crippen LogP contribution >= 0.6 is 27.5 Å². The van der Waals surface area contributed by atoms with Crippen LogP contribution in [0.15, 0.2) is 22.7 Å². The van der Waals surface area contributed by atoms with Gasteiger partial charge in [-0.3, -0.25) is 9.59 Å². The lowest BCUT2D eigenvalue weighted by molar-refractivity contribution is -0.127. The average Bonchev–Trinajstić information content (AvgIpc) is 2.34. The number of nitrogens with one attached hydrogen (secondary N) is 2. The average molecular weight is 364 g/mol. The smallest absolute Gasteiger partial charge is 0.258 e. The summed E-state index contributed by atoms with van der Waals surface area (Å²) < 4.78 is 6.09. The third-order valence-corrected chi connectivity index (χ3v) is 2.94. The Hall–Kier alpha value is -1.27. The standard InChI is InChI=1S/C13H16BrClN2O3/c1-8(2)17-12(18)6-16-13(19)7-20-11-4-3-9(14)5-10(11)15/h3-5,8H,6-7H2,1-2H3,(H,16,19)(H,17,18). The molecule has 1 aromatic rings. The summed E-state index contributed by atoms with van der Waals surface area (Å²) in [4.78, 5) is 22.8. The van der Waals surface area contributed by atoms with Crippen molar-refractivity contribution in [2.75, 3.05) is 13.2 Å². The summed E-state index contributed by atoms with van der Waals surface area (Å²) in [6.45, 7) is 3.42. The van der Waals surface area contributed by atoms with Crippen LogP contribution in [0, 0.1) is 0 Å². The molecule has 0 aromatic heterocycles. The Kier molecular flexibility index (Phi) is 6.81. The van der Waals surface area contributed by atoms with E-state index < -0.39 is 0 Å². The second-order valence-electron chi connectivity index (χ2n) is 4.36. The third kappa shape index (κ3) is 6.25. The van der Waals surface area contributed by atoms with Crippen molar-refractivity contribution in [2.24, 2.45) is 0 Å². The molecule has 2 N–H and O–H groups in total. The minimum absolute atomic E-state index is 0.0391. The van der Waals surface area contributed by atoms with Gasteiger partial charge < -0.3 is 15.4 Å². The lowest BCUT2D eigenvalue weighted by Gasteiger charge is -2.10. The van der Waals surface area contributed by atoms with Crippen LogP contribution in [0.5, 0.6) is 5.75 Å². The zero-order valence-electron chi connectivity index (χ0n) is 11.2. The van der Waals surface area contributed by atoms with Gasteiger partial charge in [-0.05, 0) is 32.0 Å². The van der Waals surface area contributed by atoms with Crippen molar-refractivity contribution in [1.82, 2.24) is 10.6 Å². The maximum absolute atomic E-state index is 11.5. The molecule has 0 saturated heterocycles. The van der Waals surface area contributed by atoms with Gasteiger partial charge in [0.05, 0.1) is 11.6 Å². The number of halogens is 2. The normalized spacial score (nSPS) is 10.2. The first-order chi connectivity index (χ1) is 9.38. The van der Waals surface area contributed by atoms with E-state index in [1.54, 1.807) is 18.2 Å². The van der Waals surface area contributed by atoms with E-state index in [-0.39, 0.29) is 31.0 Å². The molecule has 0 saturated carbocycles. The highest BCUT2D eigenvalue weighted by molar-refractivity contribution is 9.10. The number of hydrogen-bond donors (Lipinski definition) is 2. The van der Waals surface area contributed by atoms with Gasteiger partial charge in [0, 0.05) is 10.5 Å². The molecular formula is C13H16BrClN2O3. The summed E-state index contributed by atoms with van der Waals surface area (Å²) in [7, 11) is 0. The largest absolute Gasteiger partial charge is 0.482 e. The SMILES string of the molecule is CC(C)NC(=O)CNC(=O)COc1ccc(Br)cc1Cl. The van der Waals surface area contributed by atoms with Crippen LogP contribution in [0.25, 0.3) is 0 Å². The summed E-state index contributed by atoms with van der Waals surface area (Å²) in [6, 6.07) is 5.13. The minimum atomic E-state index is -0.386. The molecule has 1 rings (SSSR count). The van der Waals surface area contributed by atoms with E-state index in [4.69, 9.17) is 16.3 Å². The fourth-order valence-electron chi connectivity index (χ4n) is 1.34. The minimum Gasteiger partial charge on any atom is -0.482 e. The topological polar surface area (TPSA) is 67.4 Å². The molecule has 0 bridgehead atoms. The van der Waals surface area contributed by atoms with E-state index in [2.05, 4.69) is 26.6 Å². The van der Waals surface area contributed by atoms with E-state index in [0.717, 1.165) is 4.47 Å². The predicted octanol–water partition coefficient (Wildman–Crippen LogP) is 2.12. The number of ether oxygens (including phenoxy) is 1. The quantitative estimate of drug-likeness (QED) is 0.813. The van der Waals surface area contributed by atoms with E-state index >= 15 is 0 Å². The molecule has 0 unspecified atom stereocenters. The van der Waals surface area contributed by atoms with Crippen LogP contribution in [0.3, 0.4) is 0 Å². The van der Waals surface area contributed by atoms with Gasteiger partial charge in [0.25, 0.3) is 5.91 Å². The molecule has 20 heavy (non-hydrogen) atoms. The van der Waals surface area contributed by atoms with Gasteiger partial charge in [-0.1, -0.05) is 27.5 Å². The molecular weight excluding hydrogens is 348 g/mol. The Morgan fingerprint density at radius 1 is 1.35 bits per heavy atom. The van der Waals surface area contributed by atoms with Crippen LogP contribution in [0.4, 0.5) is 0 Å². The Labute approximate surface area is 131 Å². The monoisotopic (exact) mass is 362 g/mol. The molecule has 0 radical (unpaired) electrons. The Bertz CT molecular complexity index is 495. The molecule has 0 atom stereocenters. The van der Waals surface area contributed by atoms with Crippen LogP contribution in [-0.4, -0.2) is 31.0 Å². The first-order valence-electron chi connectivity index (χ1n) is 6.02. The van der Waals surface area contributed by atoms with E-state index in [0.29, 0.717) is 10.8 Å². The van der Waals surface area contributed by atoms with Crippen molar-refractivity contribution in [3.8, 4) is 5.75 Å². The second-order valence-corrected chi connectivity index (χ2v) is 5.69. The van der Waals surface area contributed by atoms with Gasteiger partial charge in [0.2, 0.25) is 5.91 Å². The highest BCUT2D eigenvalue weighted by Gasteiger charge is 2.08. The Morgan fingerprint density at radius 2 is 2.05 bits per heavy atom.